The molecule has 35 heavy (non-hydrogen) atoms. The van der Waals surface area contributed by atoms with Crippen LogP contribution < -0.4 is 14.8 Å². The summed E-state index contributed by atoms with van der Waals surface area (Å²) in [4.78, 5) is 21.6. The minimum absolute atomic E-state index is 0.0118. The highest BCUT2D eigenvalue weighted by Gasteiger charge is 2.52. The van der Waals surface area contributed by atoms with Crippen LogP contribution in [0.3, 0.4) is 0 Å². The van der Waals surface area contributed by atoms with E-state index in [1.54, 1.807) is 0 Å². The van der Waals surface area contributed by atoms with Gasteiger partial charge in [-0.05, 0) is 61.4 Å². The molecular formula is C26H25ClIN3O3S. The van der Waals surface area contributed by atoms with Crippen molar-refractivity contribution in [3.8, 4) is 11.5 Å². The molecule has 0 radical (unpaired) electrons. The molecule has 1 N–H and O–H groups in total. The quantitative estimate of drug-likeness (QED) is 0.193. The molecule has 2 aliphatic heterocycles. The number of amides is 1. The molecule has 6 nitrogen and oxygen atoms in total. The molecule has 3 heterocycles. The molecule has 0 bridgehead atoms. The molecule has 1 amide bonds. The maximum absolute atomic E-state index is 13.4. The Hall–Kier alpha value is -1.88. The topological polar surface area (TPSA) is 63.7 Å². The van der Waals surface area contributed by atoms with Gasteiger partial charge in [-0.1, -0.05) is 69.8 Å². The van der Waals surface area contributed by atoms with Gasteiger partial charge in [0.05, 0.1) is 15.5 Å². The highest BCUT2D eigenvalue weighted by molar-refractivity contribution is 14.1. The van der Waals surface area contributed by atoms with Gasteiger partial charge in [0.1, 0.15) is 0 Å². The first kappa shape index (κ1) is 23.5. The van der Waals surface area contributed by atoms with E-state index in [1.807, 2.05) is 42.6 Å². The first-order valence-corrected chi connectivity index (χ1v) is 14.3. The fourth-order valence-electron chi connectivity index (χ4n) is 5.05. The zero-order valence-electron chi connectivity index (χ0n) is 19.0. The van der Waals surface area contributed by atoms with E-state index in [0.29, 0.717) is 14.9 Å². The van der Waals surface area contributed by atoms with Gasteiger partial charge in [-0.2, -0.15) is 0 Å². The number of aromatic nitrogens is 1. The number of benzene rings is 2. The van der Waals surface area contributed by atoms with Gasteiger partial charge in [0.15, 0.2) is 16.6 Å². The summed E-state index contributed by atoms with van der Waals surface area (Å²) in [6, 6.07) is 13.8. The van der Waals surface area contributed by atoms with Crippen molar-refractivity contribution in [1.82, 2.24) is 9.88 Å². The summed E-state index contributed by atoms with van der Waals surface area (Å²) >= 11 is 10.7. The largest absolute Gasteiger partial charge is 0.454 e. The summed E-state index contributed by atoms with van der Waals surface area (Å²) in [6.45, 7) is 1.23. The Bertz CT molecular complexity index is 1260. The molecule has 3 aromatic rings. The summed E-state index contributed by atoms with van der Waals surface area (Å²) in [5, 5.41) is 4.49. The Balaban J connectivity index is 1.26. The van der Waals surface area contributed by atoms with Crippen LogP contribution in [-0.4, -0.2) is 33.2 Å². The number of hydrogen-bond acceptors (Lipinski definition) is 6. The molecule has 6 rings (SSSR count). The predicted molar refractivity (Wildman–Crippen MR) is 146 cm³/mol. The van der Waals surface area contributed by atoms with E-state index in [2.05, 4.69) is 43.9 Å². The van der Waals surface area contributed by atoms with E-state index < -0.39 is 5.41 Å². The third-order valence-electron chi connectivity index (χ3n) is 7.12. The van der Waals surface area contributed by atoms with E-state index >= 15 is 0 Å². The Morgan fingerprint density at radius 3 is 2.83 bits per heavy atom. The average molecular weight is 622 g/mol. The number of hydrogen-bond donors (Lipinski definition) is 1. The lowest BCUT2D eigenvalue weighted by molar-refractivity contribution is -0.118. The first-order valence-electron chi connectivity index (χ1n) is 11.9. The van der Waals surface area contributed by atoms with E-state index in [1.165, 1.54) is 24.2 Å². The number of anilines is 1. The molecule has 2 atom stereocenters. The summed E-state index contributed by atoms with van der Waals surface area (Å²) in [6.07, 6.45) is 7.08. The van der Waals surface area contributed by atoms with Crippen molar-refractivity contribution < 1.29 is 14.3 Å². The number of likely N-dealkylation sites (tertiary alicyclic amines) is 1. The standard InChI is InChI=1S/C26H25ClIN3O3S/c27-18-6-2-1-5-17(18)23(31-12-4-3-7-22(31)28)21-14-29-25(35-21)30-24(32)26(10-11-26)16-8-9-19-20(13-16)34-15-33-19/h1-2,5-6,8-9,13-14,22-23H,3-4,7,10-12,15H2,(H,29,30,32). The number of rotatable bonds is 6. The number of nitrogens with one attached hydrogen (secondary N) is 1. The second-order valence-electron chi connectivity index (χ2n) is 9.26. The monoisotopic (exact) mass is 621 g/mol. The fourth-order valence-corrected chi connectivity index (χ4v) is 7.28. The van der Waals surface area contributed by atoms with Crippen molar-refractivity contribution in [1.29, 1.82) is 0 Å². The van der Waals surface area contributed by atoms with Gasteiger partial charge in [0.25, 0.3) is 0 Å². The van der Waals surface area contributed by atoms with Crippen LogP contribution in [0.25, 0.3) is 0 Å². The number of carbonyl (C=O) groups excluding carboxylic acids is 1. The molecule has 1 aliphatic carbocycles. The number of piperidine rings is 1. The molecule has 9 heteroatoms. The van der Waals surface area contributed by atoms with Gasteiger partial charge >= 0.3 is 0 Å². The van der Waals surface area contributed by atoms with Crippen LogP contribution in [0.5, 0.6) is 11.5 Å². The molecular weight excluding hydrogens is 597 g/mol. The first-order chi connectivity index (χ1) is 17.0. The zero-order chi connectivity index (χ0) is 24.0. The highest BCUT2D eigenvalue weighted by atomic mass is 127. The minimum Gasteiger partial charge on any atom is -0.454 e. The van der Waals surface area contributed by atoms with Gasteiger partial charge in [-0.25, -0.2) is 4.98 Å². The SMILES string of the molecule is O=C(Nc1ncc(C(c2ccccc2Cl)N2CCCCC2I)s1)C1(c2ccc3c(c2)OCO3)CC1. The fraction of sp³-hybridized carbons (Fsp3) is 0.385. The van der Waals surface area contributed by atoms with Crippen LogP contribution >= 0.6 is 45.5 Å². The van der Waals surface area contributed by atoms with E-state index in [9.17, 15) is 4.79 Å². The lowest BCUT2D eigenvalue weighted by Crippen LogP contribution is -2.39. The zero-order valence-corrected chi connectivity index (χ0v) is 22.7. The third kappa shape index (κ3) is 4.43. The van der Waals surface area contributed by atoms with Crippen LogP contribution in [0, 0.1) is 0 Å². The van der Waals surface area contributed by atoms with Crippen LogP contribution in [0.4, 0.5) is 5.13 Å². The van der Waals surface area contributed by atoms with Crippen LogP contribution in [0.2, 0.25) is 5.02 Å². The van der Waals surface area contributed by atoms with E-state index in [-0.39, 0.29) is 18.7 Å². The summed E-state index contributed by atoms with van der Waals surface area (Å²) in [5.41, 5.74) is 1.51. The number of halogens is 2. The molecule has 182 valence electrons. The van der Waals surface area contributed by atoms with E-state index in [4.69, 9.17) is 21.1 Å². The van der Waals surface area contributed by atoms with Gasteiger partial charge < -0.3 is 14.8 Å². The van der Waals surface area contributed by atoms with Gasteiger partial charge in [-0.3, -0.25) is 9.69 Å². The second-order valence-corrected chi connectivity index (χ2v) is 12.2. The Morgan fingerprint density at radius 2 is 2.03 bits per heavy atom. The lowest BCUT2D eigenvalue weighted by atomic mass is 9.94. The maximum Gasteiger partial charge on any atom is 0.236 e. The average Bonchev–Trinajstić information content (AvgIpc) is 3.33. The summed E-state index contributed by atoms with van der Waals surface area (Å²) < 4.78 is 11.4. The number of fused-ring (bicyclic) bond motifs is 1. The molecule has 2 aromatic carbocycles. The van der Waals surface area contributed by atoms with Crippen LogP contribution in [-0.2, 0) is 10.2 Å². The molecule has 2 unspecified atom stereocenters. The normalized spacial score (nSPS) is 21.5. The summed E-state index contributed by atoms with van der Waals surface area (Å²) in [7, 11) is 0. The van der Waals surface area contributed by atoms with Crippen molar-refractivity contribution in [2.24, 2.45) is 0 Å². The smallest absolute Gasteiger partial charge is 0.236 e. The van der Waals surface area contributed by atoms with Crippen LogP contribution in [0.1, 0.15) is 54.1 Å². The lowest BCUT2D eigenvalue weighted by Gasteiger charge is -2.38. The molecule has 3 aliphatic rings. The van der Waals surface area contributed by atoms with Gasteiger partial charge in [0.2, 0.25) is 12.7 Å². The Kier molecular flexibility index (Phi) is 6.41. The predicted octanol–water partition coefficient (Wildman–Crippen LogP) is 6.53. The molecule has 1 saturated heterocycles. The number of nitrogens with zero attached hydrogens (tertiary/aromatic N) is 2. The number of thiazole rings is 1. The summed E-state index contributed by atoms with van der Waals surface area (Å²) in [5.74, 6) is 1.42. The second kappa shape index (κ2) is 9.53. The van der Waals surface area contributed by atoms with Crippen molar-refractivity contribution in [2.45, 2.75) is 47.6 Å². The molecule has 2 fully saturated rings. The number of carbonyl (C=O) groups is 1. The van der Waals surface area contributed by atoms with Crippen molar-refractivity contribution >= 4 is 56.6 Å². The van der Waals surface area contributed by atoms with Crippen molar-refractivity contribution in [3.63, 3.8) is 0 Å². The maximum atomic E-state index is 13.4. The Morgan fingerprint density at radius 1 is 1.20 bits per heavy atom. The van der Waals surface area contributed by atoms with E-state index in [0.717, 1.165) is 52.6 Å². The highest BCUT2D eigenvalue weighted by Crippen LogP contribution is 2.51. The number of ether oxygens (including phenoxy) is 2. The Labute approximate surface area is 227 Å². The van der Waals surface area contributed by atoms with Gasteiger partial charge in [0, 0.05) is 22.6 Å². The minimum atomic E-state index is -0.533. The van der Waals surface area contributed by atoms with Crippen molar-refractivity contribution in [2.75, 3.05) is 18.7 Å². The molecule has 0 spiro atoms. The number of alkyl halides is 1. The molecule has 1 aromatic heterocycles. The van der Waals surface area contributed by atoms with Gasteiger partial charge in [-0.15, -0.1) is 0 Å². The molecule has 1 saturated carbocycles. The van der Waals surface area contributed by atoms with Crippen LogP contribution in [0.15, 0.2) is 48.7 Å². The third-order valence-corrected chi connectivity index (χ3v) is 9.77. The van der Waals surface area contributed by atoms with Crippen molar-refractivity contribution in [3.05, 3.63) is 69.7 Å².